The molecule has 0 spiro atoms. The van der Waals surface area contributed by atoms with Gasteiger partial charge in [0.15, 0.2) is 0 Å². The zero-order valence-corrected chi connectivity index (χ0v) is 5.33. The third-order valence-corrected chi connectivity index (χ3v) is 1.29. The zero-order valence-electron chi connectivity index (χ0n) is 3.74. The van der Waals surface area contributed by atoms with Crippen molar-refractivity contribution in [1.29, 1.82) is 0 Å². The van der Waals surface area contributed by atoms with Crippen LogP contribution in [-0.2, 0) is 0 Å². The molecule has 0 aromatic carbocycles. The summed E-state index contributed by atoms with van der Waals surface area (Å²) in [4.78, 5) is 1.83. The first-order chi connectivity index (χ1) is 2.81. The molecule has 0 bridgehead atoms. The van der Waals surface area contributed by atoms with E-state index in [4.69, 9.17) is 5.73 Å². The molecule has 1 nitrogen and oxygen atoms in total. The molecular weight excluding hydrogens is 142 g/mol. The highest BCUT2D eigenvalue weighted by Gasteiger charge is 1.74. The van der Waals surface area contributed by atoms with Gasteiger partial charge in [-0.1, -0.05) is 21.5 Å². The normalized spacial score (nSPS) is 12.2. The second-order valence-electron chi connectivity index (χ2n) is 1.16. The standard InChI is InChI=1S/C4H8BrN/c1-4(2-5)3-6/h2H,3,6H2,1H3/b4-2-. The van der Waals surface area contributed by atoms with Gasteiger partial charge in [0.25, 0.3) is 0 Å². The predicted molar refractivity (Wildman–Crippen MR) is 31.7 cm³/mol. The fourth-order valence-corrected chi connectivity index (χ4v) is 0.231. The van der Waals surface area contributed by atoms with Crippen LogP contribution in [0.3, 0.4) is 0 Å². The summed E-state index contributed by atoms with van der Waals surface area (Å²) in [5, 5.41) is 0. The van der Waals surface area contributed by atoms with E-state index in [1.54, 1.807) is 0 Å². The van der Waals surface area contributed by atoms with Crippen LogP contribution in [0.2, 0.25) is 0 Å². The first-order valence-corrected chi connectivity index (χ1v) is 2.68. The summed E-state index contributed by atoms with van der Waals surface area (Å²) in [7, 11) is 0. The summed E-state index contributed by atoms with van der Waals surface area (Å²) in [5.41, 5.74) is 6.35. The molecule has 0 aliphatic rings. The largest absolute Gasteiger partial charge is 0.327 e. The van der Waals surface area contributed by atoms with Crippen molar-refractivity contribution in [2.45, 2.75) is 6.92 Å². The Bertz CT molecular complexity index is 58.6. The van der Waals surface area contributed by atoms with E-state index in [-0.39, 0.29) is 0 Å². The number of rotatable bonds is 1. The van der Waals surface area contributed by atoms with E-state index in [1.165, 1.54) is 0 Å². The highest BCUT2D eigenvalue weighted by molar-refractivity contribution is 9.11. The van der Waals surface area contributed by atoms with Crippen molar-refractivity contribution < 1.29 is 0 Å². The molecule has 0 aromatic heterocycles. The van der Waals surface area contributed by atoms with Gasteiger partial charge in [0.1, 0.15) is 0 Å². The lowest BCUT2D eigenvalue weighted by Gasteiger charge is -1.84. The highest BCUT2D eigenvalue weighted by atomic mass is 79.9. The van der Waals surface area contributed by atoms with Crippen LogP contribution in [0.1, 0.15) is 6.92 Å². The Morgan fingerprint density at radius 1 is 2.00 bits per heavy atom. The summed E-state index contributed by atoms with van der Waals surface area (Å²) in [5.74, 6) is 0. The number of halogens is 1. The number of nitrogens with two attached hydrogens (primary N) is 1. The molecule has 0 saturated heterocycles. The molecule has 0 aliphatic carbocycles. The molecule has 6 heavy (non-hydrogen) atoms. The minimum Gasteiger partial charge on any atom is -0.327 e. The molecule has 0 amide bonds. The fourth-order valence-electron chi connectivity index (χ4n) is 0.0445. The molecule has 36 valence electrons. The molecule has 0 heterocycles. The van der Waals surface area contributed by atoms with Gasteiger partial charge in [-0.05, 0) is 11.9 Å². The Kier molecular flexibility index (Phi) is 3.47. The fraction of sp³-hybridized carbons (Fsp3) is 0.500. The topological polar surface area (TPSA) is 26.0 Å². The molecule has 0 aromatic rings. The van der Waals surface area contributed by atoms with Crippen molar-refractivity contribution in [2.75, 3.05) is 6.54 Å². The lowest BCUT2D eigenvalue weighted by Crippen LogP contribution is -1.97. The van der Waals surface area contributed by atoms with Crippen LogP contribution >= 0.6 is 15.9 Å². The lowest BCUT2D eigenvalue weighted by atomic mass is 10.4. The smallest absolute Gasteiger partial charge is 0.0142 e. The Balaban J connectivity index is 3.22. The van der Waals surface area contributed by atoms with E-state index in [1.807, 2.05) is 11.9 Å². The van der Waals surface area contributed by atoms with Crippen LogP contribution in [0.4, 0.5) is 0 Å². The van der Waals surface area contributed by atoms with Crippen LogP contribution in [-0.4, -0.2) is 6.54 Å². The molecule has 2 N–H and O–H groups in total. The van der Waals surface area contributed by atoms with Gasteiger partial charge in [0, 0.05) is 6.54 Å². The van der Waals surface area contributed by atoms with E-state index in [0.29, 0.717) is 6.54 Å². The van der Waals surface area contributed by atoms with E-state index >= 15 is 0 Å². The van der Waals surface area contributed by atoms with Crippen molar-refractivity contribution in [3.63, 3.8) is 0 Å². The summed E-state index contributed by atoms with van der Waals surface area (Å²) in [6, 6.07) is 0. The molecule has 0 aliphatic heterocycles. The molecule has 0 rings (SSSR count). The van der Waals surface area contributed by atoms with E-state index in [2.05, 4.69) is 15.9 Å². The van der Waals surface area contributed by atoms with Gasteiger partial charge >= 0.3 is 0 Å². The summed E-state index contributed by atoms with van der Waals surface area (Å²) < 4.78 is 0. The quantitative estimate of drug-likeness (QED) is 0.597. The van der Waals surface area contributed by atoms with Crippen LogP contribution in [0, 0.1) is 0 Å². The molecule has 0 radical (unpaired) electrons. The molecule has 2 heteroatoms. The van der Waals surface area contributed by atoms with Crippen LogP contribution in [0.25, 0.3) is 0 Å². The Hall–Kier alpha value is 0.180. The Labute approximate surface area is 46.4 Å². The van der Waals surface area contributed by atoms with Crippen LogP contribution in [0.15, 0.2) is 10.6 Å². The minimum absolute atomic E-state index is 0.644. The number of hydrogen-bond donors (Lipinski definition) is 1. The van der Waals surface area contributed by atoms with Crippen molar-refractivity contribution in [3.8, 4) is 0 Å². The van der Waals surface area contributed by atoms with E-state index < -0.39 is 0 Å². The van der Waals surface area contributed by atoms with Crippen LogP contribution in [0.5, 0.6) is 0 Å². The maximum atomic E-state index is 5.18. The second-order valence-corrected chi connectivity index (χ2v) is 1.62. The average Bonchev–Trinajstić information content (AvgIpc) is 1.65. The van der Waals surface area contributed by atoms with Gasteiger partial charge in [-0.3, -0.25) is 0 Å². The molecule has 0 saturated carbocycles. The van der Waals surface area contributed by atoms with Crippen molar-refractivity contribution >= 4 is 15.9 Å². The third-order valence-electron chi connectivity index (χ3n) is 0.508. The van der Waals surface area contributed by atoms with Gasteiger partial charge in [-0.2, -0.15) is 0 Å². The van der Waals surface area contributed by atoms with Crippen LogP contribution < -0.4 is 5.73 Å². The van der Waals surface area contributed by atoms with Crippen molar-refractivity contribution in [3.05, 3.63) is 10.6 Å². The van der Waals surface area contributed by atoms with Crippen molar-refractivity contribution in [1.82, 2.24) is 0 Å². The van der Waals surface area contributed by atoms with Gasteiger partial charge in [0.05, 0.1) is 0 Å². The Morgan fingerprint density at radius 2 is 2.50 bits per heavy atom. The molecule has 0 unspecified atom stereocenters. The van der Waals surface area contributed by atoms with E-state index in [9.17, 15) is 0 Å². The maximum Gasteiger partial charge on any atom is 0.0142 e. The maximum absolute atomic E-state index is 5.18. The van der Waals surface area contributed by atoms with Gasteiger partial charge in [-0.25, -0.2) is 0 Å². The zero-order chi connectivity index (χ0) is 4.99. The summed E-state index contributed by atoms with van der Waals surface area (Å²) in [6.45, 7) is 2.61. The van der Waals surface area contributed by atoms with E-state index in [0.717, 1.165) is 5.57 Å². The molecule has 0 fully saturated rings. The molecule has 0 atom stereocenters. The van der Waals surface area contributed by atoms with Gasteiger partial charge < -0.3 is 5.73 Å². The summed E-state index contributed by atoms with van der Waals surface area (Å²) in [6.07, 6.45) is 0. The van der Waals surface area contributed by atoms with Gasteiger partial charge in [-0.15, -0.1) is 0 Å². The first-order valence-electron chi connectivity index (χ1n) is 1.77. The highest BCUT2D eigenvalue weighted by Crippen LogP contribution is 1.91. The molecular formula is C4H8BrN. The lowest BCUT2D eigenvalue weighted by molar-refractivity contribution is 1.15. The predicted octanol–water partition coefficient (Wildman–Crippen LogP) is 1.24. The summed E-state index contributed by atoms with van der Waals surface area (Å²) >= 11 is 3.13. The SMILES string of the molecule is C/C(=C/Br)CN. The third kappa shape index (κ3) is 2.42. The van der Waals surface area contributed by atoms with Crippen molar-refractivity contribution in [2.24, 2.45) is 5.73 Å². The van der Waals surface area contributed by atoms with Gasteiger partial charge in [0.2, 0.25) is 0 Å². The monoisotopic (exact) mass is 149 g/mol. The average molecular weight is 150 g/mol. The second kappa shape index (κ2) is 3.37. The minimum atomic E-state index is 0.644. The Morgan fingerprint density at radius 3 is 2.50 bits per heavy atom. The number of hydrogen-bond acceptors (Lipinski definition) is 1. The first kappa shape index (κ1) is 6.18.